The van der Waals surface area contributed by atoms with Crippen molar-refractivity contribution in [2.45, 2.75) is 39.0 Å². The molecule has 1 atom stereocenters. The molecule has 44 heavy (non-hydrogen) atoms. The molecule has 0 bridgehead atoms. The predicted molar refractivity (Wildman–Crippen MR) is 151 cm³/mol. The van der Waals surface area contributed by atoms with Crippen molar-refractivity contribution >= 4 is 10.9 Å². The standard InChI is InChI=1S/C31H27F5N3O2.H2O2.W/c1-5-17-7-6-8-18(15-40)31(4,16-30(17,2)3)23-14-37-29(38-23)21-13-19(9-10-22(21)32)41-28-24(33)20-11-12-39(36)27(20)25(34)26(28)35;1-2;/h6-15,40H,1,5,16H2,2-4H3,(H,37,38);1-2H;/q-1;;/b8-6-,17-7-,18-15-;;/t31-;;/m0../s1. The molecular formula is C31H29F5N3O4W-. The molecule has 2 heterocycles. The van der Waals surface area contributed by atoms with Gasteiger partial charge in [0.25, 0.3) is 0 Å². The Morgan fingerprint density at radius 2 is 1.80 bits per heavy atom. The molecule has 1 aliphatic rings. The molecule has 0 saturated carbocycles. The van der Waals surface area contributed by atoms with E-state index in [1.807, 2.05) is 19.1 Å². The van der Waals surface area contributed by atoms with E-state index in [2.05, 4.69) is 30.7 Å². The normalized spacial score (nSPS) is 20.5. The molecule has 5 rings (SSSR count). The summed E-state index contributed by atoms with van der Waals surface area (Å²) < 4.78 is 78.2. The number of allylic oxidation sites excluding steroid dienone is 5. The summed E-state index contributed by atoms with van der Waals surface area (Å²) in [7, 11) is 0. The van der Waals surface area contributed by atoms with E-state index in [9.17, 15) is 22.8 Å². The number of nitrogens with one attached hydrogen (secondary N) is 1. The summed E-state index contributed by atoms with van der Waals surface area (Å²) in [4.78, 5) is 7.26. The fraction of sp³-hybridized carbons (Fsp3) is 0.226. The summed E-state index contributed by atoms with van der Waals surface area (Å²) in [5, 5.41) is 21.6. The second-order valence-electron chi connectivity index (χ2n) is 10.8. The topological polar surface area (TPSA) is 104 Å². The van der Waals surface area contributed by atoms with Crippen LogP contribution >= 0.6 is 0 Å². The zero-order valence-corrected chi connectivity index (χ0v) is 26.8. The summed E-state index contributed by atoms with van der Waals surface area (Å²) in [5.74, 6) is -6.59. The smallest absolute Gasteiger partial charge is 0.206 e. The van der Waals surface area contributed by atoms with Gasteiger partial charge in [-0.25, -0.2) is 18.2 Å². The number of fused-ring (bicyclic) bond motifs is 1. The molecule has 0 amide bonds. The number of H-pyrrole nitrogens is 1. The first-order chi connectivity index (χ1) is 20.4. The molecule has 1 aliphatic carbocycles. The maximum atomic E-state index is 15.0. The molecular weight excluding hydrogens is 757 g/mol. The Balaban J connectivity index is 0.00000173. The van der Waals surface area contributed by atoms with Gasteiger partial charge in [-0.2, -0.15) is 15.6 Å². The molecule has 4 N–H and O–H groups in total. The monoisotopic (exact) mass is 786 g/mol. The van der Waals surface area contributed by atoms with E-state index >= 15 is 4.39 Å². The molecule has 0 fully saturated rings. The zero-order chi connectivity index (χ0) is 31.7. The summed E-state index contributed by atoms with van der Waals surface area (Å²) >= 11 is 0. The second kappa shape index (κ2) is 13.5. The number of halogens is 5. The van der Waals surface area contributed by atoms with Gasteiger partial charge in [0, 0.05) is 50.0 Å². The number of ether oxygens (including phenoxy) is 1. The average molecular weight is 786 g/mol. The maximum Gasteiger partial charge on any atom is 0.206 e. The molecule has 0 saturated heterocycles. The Kier molecular flexibility index (Phi) is 10.7. The molecule has 0 aliphatic heterocycles. The first-order valence-corrected chi connectivity index (χ1v) is 13.0. The molecule has 0 spiro atoms. The van der Waals surface area contributed by atoms with Crippen LogP contribution in [0.25, 0.3) is 22.3 Å². The van der Waals surface area contributed by atoms with Gasteiger partial charge in [0.2, 0.25) is 11.6 Å². The van der Waals surface area contributed by atoms with Crippen molar-refractivity contribution < 1.29 is 63.5 Å². The minimum Gasteiger partial charge on any atom is -0.515 e. The average Bonchev–Trinajstić information content (AvgIpc) is 3.63. The molecule has 4 aromatic rings. The number of hydrogen-bond acceptors (Lipinski definition) is 5. The van der Waals surface area contributed by atoms with Crippen LogP contribution in [-0.2, 0) is 26.5 Å². The van der Waals surface area contributed by atoms with Crippen molar-refractivity contribution in [1.29, 1.82) is 0 Å². The molecule has 13 heteroatoms. The summed E-state index contributed by atoms with van der Waals surface area (Å²) in [6.45, 7) is 10.1. The largest absolute Gasteiger partial charge is 0.515 e. The van der Waals surface area contributed by atoms with Gasteiger partial charge in [-0.3, -0.25) is 10.5 Å². The molecule has 2 aromatic carbocycles. The first kappa shape index (κ1) is 34.8. The Bertz CT molecular complexity index is 1760. The van der Waals surface area contributed by atoms with E-state index in [0.29, 0.717) is 24.1 Å². The fourth-order valence-corrected chi connectivity index (χ4v) is 5.55. The van der Waals surface area contributed by atoms with Crippen molar-refractivity contribution in [3.05, 3.63) is 108 Å². The molecule has 0 radical (unpaired) electrons. The van der Waals surface area contributed by atoms with Gasteiger partial charge in [-0.05, 0) is 48.6 Å². The summed E-state index contributed by atoms with van der Waals surface area (Å²) in [6, 6.07) is 4.24. The number of nitrogens with zero attached hydrogens (tertiary/aromatic N) is 2. The maximum absolute atomic E-state index is 15.0. The fourth-order valence-electron chi connectivity index (χ4n) is 5.55. The van der Waals surface area contributed by atoms with E-state index in [4.69, 9.17) is 15.3 Å². The van der Waals surface area contributed by atoms with Gasteiger partial charge < -0.3 is 21.8 Å². The van der Waals surface area contributed by atoms with E-state index in [1.165, 1.54) is 6.20 Å². The van der Waals surface area contributed by atoms with E-state index in [0.717, 1.165) is 42.3 Å². The van der Waals surface area contributed by atoms with Gasteiger partial charge in [0.05, 0.1) is 11.8 Å². The van der Waals surface area contributed by atoms with Crippen LogP contribution in [0, 0.1) is 35.6 Å². The third-order valence-corrected chi connectivity index (χ3v) is 7.74. The predicted octanol–water partition coefficient (Wildman–Crippen LogP) is 8.96. The van der Waals surface area contributed by atoms with Gasteiger partial charge in [-0.15, -0.1) is 0 Å². The SMILES string of the molecule is OO.[CH2-]C/C1=C/C=C\C(=C\O)[C@@](C)(c2cnc(-c3cc(Oc4c(F)c(F)c5c(ccn5F)c4F)ccc3F)[nH]2)CC1(C)C.[W]. The van der Waals surface area contributed by atoms with E-state index in [1.54, 1.807) is 6.08 Å². The Labute approximate surface area is 264 Å². The molecule has 2 aromatic heterocycles. The Morgan fingerprint density at radius 1 is 1.09 bits per heavy atom. The number of rotatable bonds is 5. The van der Waals surface area contributed by atoms with Crippen LogP contribution in [0.3, 0.4) is 0 Å². The first-order valence-electron chi connectivity index (χ1n) is 13.0. The van der Waals surface area contributed by atoms with E-state index < -0.39 is 45.3 Å². The van der Waals surface area contributed by atoms with Crippen LogP contribution in [0.15, 0.2) is 72.3 Å². The number of imidazole rings is 1. The van der Waals surface area contributed by atoms with Crippen molar-refractivity contribution in [2.75, 3.05) is 0 Å². The minimum atomic E-state index is -1.73. The summed E-state index contributed by atoms with van der Waals surface area (Å²) in [6.07, 6.45) is 10.1. The van der Waals surface area contributed by atoms with Crippen LogP contribution in [0.1, 0.15) is 39.3 Å². The number of aliphatic hydroxyl groups is 1. The third kappa shape index (κ3) is 6.11. The summed E-state index contributed by atoms with van der Waals surface area (Å²) in [5.41, 5.74) is 0.238. The molecule has 0 unspecified atom stereocenters. The number of aromatic amines is 1. The van der Waals surface area contributed by atoms with Gasteiger partial charge in [0.15, 0.2) is 11.6 Å². The Morgan fingerprint density at radius 3 is 2.45 bits per heavy atom. The van der Waals surface area contributed by atoms with Crippen molar-refractivity contribution in [1.82, 2.24) is 14.8 Å². The van der Waals surface area contributed by atoms with Crippen molar-refractivity contribution in [3.8, 4) is 22.9 Å². The minimum absolute atomic E-state index is 0. The van der Waals surface area contributed by atoms with Crippen molar-refractivity contribution in [3.63, 3.8) is 0 Å². The van der Waals surface area contributed by atoms with Gasteiger partial charge in [-0.1, -0.05) is 42.1 Å². The van der Waals surface area contributed by atoms with Crippen LogP contribution in [0.5, 0.6) is 11.5 Å². The van der Waals surface area contributed by atoms with E-state index in [-0.39, 0.29) is 48.4 Å². The number of hydrogen-bond donors (Lipinski definition) is 4. The van der Waals surface area contributed by atoms with Gasteiger partial charge >= 0.3 is 0 Å². The van der Waals surface area contributed by atoms with Gasteiger partial charge in [0.1, 0.15) is 22.9 Å². The second-order valence-corrected chi connectivity index (χ2v) is 10.8. The number of aromatic nitrogens is 3. The zero-order valence-electron chi connectivity index (χ0n) is 23.8. The quantitative estimate of drug-likeness (QED) is 0.0404. The van der Waals surface area contributed by atoms with Crippen LogP contribution < -0.4 is 4.74 Å². The van der Waals surface area contributed by atoms with Crippen LogP contribution in [0.2, 0.25) is 0 Å². The number of benzene rings is 2. The van der Waals surface area contributed by atoms with Crippen molar-refractivity contribution in [2.24, 2.45) is 5.41 Å². The molecule has 7 nitrogen and oxygen atoms in total. The number of aliphatic hydroxyl groups excluding tert-OH is 1. The van der Waals surface area contributed by atoms with Crippen LogP contribution in [-0.4, -0.2) is 30.4 Å². The third-order valence-electron chi connectivity index (χ3n) is 7.74. The Hall–Kier alpha value is -3.73. The molecule has 234 valence electrons. The van der Waals surface area contributed by atoms with Crippen LogP contribution in [0.4, 0.5) is 22.0 Å².